The van der Waals surface area contributed by atoms with Gasteiger partial charge in [0, 0.05) is 24.6 Å². The Kier molecular flexibility index (Phi) is 2.55. The normalized spacial score (nSPS) is 41.4. The standard InChI is InChI=1S/C20H23NO4/c22-13-4-3-12-9-15-20(24)6-5-14(23)18-19(20,16(12)17(13)25-18)7-8-21(15)10-11-1-2-11/h3-4,11,15,18,22,24H,1-2,5-10H2/t15-,18+,19?,20-/m0/s1. The Labute approximate surface area is 146 Å². The van der Waals surface area contributed by atoms with Crippen LogP contribution in [-0.4, -0.2) is 51.7 Å². The van der Waals surface area contributed by atoms with Crippen molar-refractivity contribution >= 4 is 5.78 Å². The van der Waals surface area contributed by atoms with E-state index in [0.29, 0.717) is 18.6 Å². The summed E-state index contributed by atoms with van der Waals surface area (Å²) in [5.41, 5.74) is 0.454. The summed E-state index contributed by atoms with van der Waals surface area (Å²) in [7, 11) is 0. The predicted molar refractivity (Wildman–Crippen MR) is 89.8 cm³/mol. The van der Waals surface area contributed by atoms with Gasteiger partial charge in [-0.1, -0.05) is 6.07 Å². The zero-order chi connectivity index (χ0) is 17.0. The Hall–Kier alpha value is -1.59. The van der Waals surface area contributed by atoms with Crippen molar-refractivity contribution in [2.45, 2.75) is 61.7 Å². The maximum Gasteiger partial charge on any atom is 0.174 e. The highest BCUT2D eigenvalue weighted by molar-refractivity contribution is 5.90. The fourth-order valence-corrected chi connectivity index (χ4v) is 6.26. The summed E-state index contributed by atoms with van der Waals surface area (Å²) in [5, 5.41) is 22.3. The highest BCUT2D eigenvalue weighted by Gasteiger charge is 2.73. The molecule has 6 rings (SSSR count). The molecule has 2 bridgehead atoms. The zero-order valence-corrected chi connectivity index (χ0v) is 14.2. The molecule has 5 nitrogen and oxygen atoms in total. The number of Topliss-reactive ketones (excluding diaryl/α,β-unsaturated/α-hetero) is 1. The van der Waals surface area contributed by atoms with Gasteiger partial charge in [0.1, 0.15) is 0 Å². The van der Waals surface area contributed by atoms with Gasteiger partial charge in [-0.25, -0.2) is 0 Å². The highest BCUT2D eigenvalue weighted by Crippen LogP contribution is 2.64. The quantitative estimate of drug-likeness (QED) is 0.854. The lowest BCUT2D eigenvalue weighted by atomic mass is 9.49. The maximum absolute atomic E-state index is 12.7. The lowest BCUT2D eigenvalue weighted by Gasteiger charge is -2.62. The summed E-state index contributed by atoms with van der Waals surface area (Å²) >= 11 is 0. The third-order valence-electron chi connectivity index (χ3n) is 7.56. The molecule has 132 valence electrons. The predicted octanol–water partition coefficient (Wildman–Crippen LogP) is 1.53. The molecule has 2 saturated carbocycles. The molecule has 2 aliphatic heterocycles. The average molecular weight is 341 g/mol. The molecular formula is C20H23NO4. The van der Waals surface area contributed by atoms with Crippen molar-refractivity contribution in [3.63, 3.8) is 0 Å². The molecule has 1 saturated heterocycles. The van der Waals surface area contributed by atoms with Crippen molar-refractivity contribution in [3.8, 4) is 11.5 Å². The Bertz CT molecular complexity index is 803. The molecule has 2 N–H and O–H groups in total. The summed E-state index contributed by atoms with van der Waals surface area (Å²) in [5.74, 6) is 1.39. The molecule has 3 fully saturated rings. The number of ether oxygens (including phenoxy) is 1. The van der Waals surface area contributed by atoms with Gasteiger partial charge in [0.15, 0.2) is 23.4 Å². The van der Waals surface area contributed by atoms with Crippen LogP contribution >= 0.6 is 0 Å². The number of carbonyl (C=O) groups excluding carboxylic acids is 1. The number of phenolic OH excluding ortho intramolecular Hbond substituents is 1. The number of ketones is 1. The molecule has 4 atom stereocenters. The summed E-state index contributed by atoms with van der Waals surface area (Å²) in [4.78, 5) is 15.2. The second-order valence-corrected chi connectivity index (χ2v) is 8.72. The van der Waals surface area contributed by atoms with E-state index >= 15 is 0 Å². The first-order valence-electron chi connectivity index (χ1n) is 9.56. The molecule has 1 unspecified atom stereocenters. The number of likely N-dealkylation sites (tertiary alicyclic amines) is 1. The minimum absolute atomic E-state index is 0.0454. The number of rotatable bonds is 2. The molecule has 25 heavy (non-hydrogen) atoms. The Balaban J connectivity index is 1.58. The van der Waals surface area contributed by atoms with Gasteiger partial charge < -0.3 is 14.9 Å². The lowest BCUT2D eigenvalue weighted by molar-refractivity contribution is -0.188. The molecule has 1 aromatic carbocycles. The lowest BCUT2D eigenvalue weighted by Crippen LogP contribution is -2.76. The molecule has 1 spiro atoms. The fraction of sp³-hybridized carbons (Fsp3) is 0.650. The third-order valence-corrected chi connectivity index (χ3v) is 7.56. The molecular weight excluding hydrogens is 318 g/mol. The molecule has 0 radical (unpaired) electrons. The van der Waals surface area contributed by atoms with Crippen molar-refractivity contribution in [2.24, 2.45) is 5.92 Å². The number of aliphatic hydroxyl groups is 1. The van der Waals surface area contributed by atoms with Crippen molar-refractivity contribution < 1.29 is 19.7 Å². The molecule has 2 heterocycles. The van der Waals surface area contributed by atoms with Gasteiger partial charge in [-0.05, 0) is 56.2 Å². The van der Waals surface area contributed by atoms with Crippen LogP contribution in [-0.2, 0) is 16.6 Å². The first-order valence-corrected chi connectivity index (χ1v) is 9.56. The first-order chi connectivity index (χ1) is 12.0. The van der Waals surface area contributed by atoms with Crippen molar-refractivity contribution in [1.29, 1.82) is 0 Å². The number of hydrogen-bond acceptors (Lipinski definition) is 5. The second kappa shape index (κ2) is 4.38. The van der Waals surface area contributed by atoms with Crippen molar-refractivity contribution in [2.75, 3.05) is 13.1 Å². The molecule has 0 aromatic heterocycles. The minimum atomic E-state index is -0.940. The van der Waals surface area contributed by atoms with E-state index in [9.17, 15) is 15.0 Å². The van der Waals surface area contributed by atoms with Crippen LogP contribution in [0.5, 0.6) is 11.5 Å². The van der Waals surface area contributed by atoms with Crippen LogP contribution in [0.4, 0.5) is 0 Å². The van der Waals surface area contributed by atoms with E-state index in [-0.39, 0.29) is 17.6 Å². The van der Waals surface area contributed by atoms with Gasteiger partial charge in [0.05, 0.1) is 11.0 Å². The Morgan fingerprint density at radius 3 is 2.92 bits per heavy atom. The van der Waals surface area contributed by atoms with E-state index in [1.54, 1.807) is 6.07 Å². The molecule has 0 amide bonds. The Morgan fingerprint density at radius 1 is 1.28 bits per heavy atom. The zero-order valence-electron chi connectivity index (χ0n) is 14.2. The van der Waals surface area contributed by atoms with Gasteiger partial charge in [0.25, 0.3) is 0 Å². The van der Waals surface area contributed by atoms with Gasteiger partial charge >= 0.3 is 0 Å². The van der Waals surface area contributed by atoms with E-state index in [0.717, 1.165) is 43.0 Å². The number of hydrogen-bond donors (Lipinski definition) is 2. The van der Waals surface area contributed by atoms with E-state index < -0.39 is 17.1 Å². The van der Waals surface area contributed by atoms with Crippen molar-refractivity contribution in [3.05, 3.63) is 23.3 Å². The number of aromatic hydroxyl groups is 1. The summed E-state index contributed by atoms with van der Waals surface area (Å²) in [6, 6.07) is 3.69. The summed E-state index contributed by atoms with van der Waals surface area (Å²) in [6.07, 6.45) is 4.33. The van der Waals surface area contributed by atoms with E-state index in [4.69, 9.17) is 4.74 Å². The maximum atomic E-state index is 12.7. The van der Waals surface area contributed by atoms with Gasteiger partial charge in [-0.3, -0.25) is 9.69 Å². The van der Waals surface area contributed by atoms with Crippen LogP contribution in [0.2, 0.25) is 0 Å². The van der Waals surface area contributed by atoms with Crippen LogP contribution in [0.1, 0.15) is 43.2 Å². The summed E-state index contributed by atoms with van der Waals surface area (Å²) < 4.78 is 6.04. The number of benzene rings is 1. The van der Waals surface area contributed by atoms with Gasteiger partial charge in [-0.15, -0.1) is 0 Å². The molecule has 5 heteroatoms. The minimum Gasteiger partial charge on any atom is -0.504 e. The molecule has 1 aromatic rings. The van der Waals surface area contributed by atoms with Gasteiger partial charge in [-0.2, -0.15) is 0 Å². The third kappa shape index (κ3) is 1.56. The second-order valence-electron chi connectivity index (χ2n) is 8.72. The van der Waals surface area contributed by atoms with Crippen LogP contribution < -0.4 is 4.74 Å². The van der Waals surface area contributed by atoms with Gasteiger partial charge in [0.2, 0.25) is 0 Å². The smallest absolute Gasteiger partial charge is 0.174 e. The number of piperidine rings is 1. The topological polar surface area (TPSA) is 70.0 Å². The largest absolute Gasteiger partial charge is 0.504 e. The van der Waals surface area contributed by atoms with Crippen molar-refractivity contribution in [1.82, 2.24) is 4.90 Å². The van der Waals surface area contributed by atoms with E-state index in [2.05, 4.69) is 4.90 Å². The number of nitrogens with zero attached hydrogens (tertiary/aromatic N) is 1. The average Bonchev–Trinajstić information content (AvgIpc) is 3.32. The van der Waals surface area contributed by atoms with Crippen LogP contribution in [0, 0.1) is 5.92 Å². The summed E-state index contributed by atoms with van der Waals surface area (Å²) in [6.45, 7) is 1.95. The number of carbonyl (C=O) groups is 1. The SMILES string of the molecule is O=C1CC[C@]2(O)[C@@H]3Cc4ccc(O)c5c4C2(CCN3CC2CC2)[C@@H]1O5. The van der Waals surface area contributed by atoms with Crippen LogP contribution in [0.15, 0.2) is 12.1 Å². The fourth-order valence-electron chi connectivity index (χ4n) is 6.26. The highest BCUT2D eigenvalue weighted by atomic mass is 16.5. The van der Waals surface area contributed by atoms with Crippen LogP contribution in [0.25, 0.3) is 0 Å². The van der Waals surface area contributed by atoms with Crippen LogP contribution in [0.3, 0.4) is 0 Å². The first kappa shape index (κ1) is 14.6. The van der Waals surface area contributed by atoms with E-state index in [1.165, 1.54) is 12.8 Å². The van der Waals surface area contributed by atoms with E-state index in [1.807, 2.05) is 6.07 Å². The molecule has 5 aliphatic rings. The monoisotopic (exact) mass is 341 g/mol. The Morgan fingerprint density at radius 2 is 2.12 bits per heavy atom. The molecule has 3 aliphatic carbocycles. The number of phenols is 1.